The average Bonchev–Trinajstić information content (AvgIpc) is 2.64. The molecule has 84 valence electrons. The molecule has 0 spiro atoms. The van der Waals surface area contributed by atoms with Gasteiger partial charge in [-0.15, -0.1) is 0 Å². The molecular weight excluding hydrogens is 231 g/mol. The monoisotopic (exact) mass is 240 g/mol. The van der Waals surface area contributed by atoms with Crippen molar-refractivity contribution in [2.75, 3.05) is 0 Å². The summed E-state index contributed by atoms with van der Waals surface area (Å²) in [4.78, 5) is 0. The van der Waals surface area contributed by atoms with E-state index in [1.807, 2.05) is 0 Å². The van der Waals surface area contributed by atoms with Crippen molar-refractivity contribution in [2.24, 2.45) is 5.73 Å². The highest BCUT2D eigenvalue weighted by Crippen LogP contribution is 2.25. The molecule has 0 aliphatic heterocycles. The van der Waals surface area contributed by atoms with Gasteiger partial charge in [0.25, 0.3) is 0 Å². The molecule has 0 saturated carbocycles. The summed E-state index contributed by atoms with van der Waals surface area (Å²) in [5.41, 5.74) is 6.72. The van der Waals surface area contributed by atoms with E-state index in [-0.39, 0.29) is 6.04 Å². The van der Waals surface area contributed by atoms with Crippen LogP contribution in [0.4, 0.5) is 4.39 Å². The topological polar surface area (TPSA) is 52.0 Å². The molecular formula is C11H10ClFN2O. The Bertz CT molecular complexity index is 490. The first-order valence-corrected chi connectivity index (χ1v) is 5.12. The third-order valence-corrected chi connectivity index (χ3v) is 2.35. The molecule has 1 unspecified atom stereocenters. The summed E-state index contributed by atoms with van der Waals surface area (Å²) in [5, 5.41) is 4.13. The Morgan fingerprint density at radius 3 is 2.69 bits per heavy atom. The maximum atomic E-state index is 13.1. The molecule has 0 aliphatic carbocycles. The van der Waals surface area contributed by atoms with Gasteiger partial charge in [-0.25, -0.2) is 4.39 Å². The molecule has 3 nitrogen and oxygen atoms in total. The van der Waals surface area contributed by atoms with Gasteiger partial charge in [0.2, 0.25) is 0 Å². The summed E-state index contributed by atoms with van der Waals surface area (Å²) in [7, 11) is 0. The highest BCUT2D eigenvalue weighted by Gasteiger charge is 2.11. The smallest absolute Gasteiger partial charge is 0.153 e. The number of benzene rings is 1. The Morgan fingerprint density at radius 2 is 2.12 bits per heavy atom. The predicted molar refractivity (Wildman–Crippen MR) is 59.5 cm³/mol. The zero-order valence-corrected chi connectivity index (χ0v) is 9.33. The number of hydrogen-bond donors (Lipinski definition) is 1. The minimum atomic E-state index is -0.409. The number of nitrogens with two attached hydrogens (primary N) is 1. The third-order valence-electron chi connectivity index (χ3n) is 2.14. The normalized spacial score (nSPS) is 12.8. The molecule has 2 rings (SSSR count). The van der Waals surface area contributed by atoms with Crippen molar-refractivity contribution in [1.29, 1.82) is 0 Å². The second-order valence-electron chi connectivity index (χ2n) is 3.56. The van der Waals surface area contributed by atoms with Gasteiger partial charge in [0.15, 0.2) is 5.76 Å². The number of rotatable bonds is 2. The largest absolute Gasteiger partial charge is 0.359 e. The van der Waals surface area contributed by atoms with Gasteiger partial charge in [0, 0.05) is 16.7 Å². The van der Waals surface area contributed by atoms with Crippen LogP contribution in [0.25, 0.3) is 11.3 Å². The quantitative estimate of drug-likeness (QED) is 0.877. The number of aromatic nitrogens is 1. The SMILES string of the molecule is CC(N)c1cc(-c2cc(F)cc(Cl)c2)no1. The van der Waals surface area contributed by atoms with E-state index >= 15 is 0 Å². The summed E-state index contributed by atoms with van der Waals surface area (Å²) in [6.07, 6.45) is 0. The molecule has 0 radical (unpaired) electrons. The molecule has 1 aromatic carbocycles. The highest BCUT2D eigenvalue weighted by molar-refractivity contribution is 6.30. The van der Waals surface area contributed by atoms with Crippen LogP contribution in [0, 0.1) is 5.82 Å². The standard InChI is InChI=1S/C11H10ClFN2O/c1-6(14)11-5-10(15-16-11)7-2-8(12)4-9(13)3-7/h2-6H,14H2,1H3. The Morgan fingerprint density at radius 1 is 1.38 bits per heavy atom. The second kappa shape index (κ2) is 4.23. The summed E-state index contributed by atoms with van der Waals surface area (Å²) >= 11 is 5.75. The first-order valence-electron chi connectivity index (χ1n) is 4.75. The van der Waals surface area contributed by atoms with Crippen molar-refractivity contribution >= 4 is 11.6 Å². The first kappa shape index (κ1) is 11.1. The molecule has 0 amide bonds. The molecule has 0 fully saturated rings. The van der Waals surface area contributed by atoms with E-state index in [0.29, 0.717) is 22.0 Å². The summed E-state index contributed by atoms with van der Waals surface area (Å²) in [6.45, 7) is 1.78. The first-order chi connectivity index (χ1) is 7.56. The van der Waals surface area contributed by atoms with Gasteiger partial charge in [-0.1, -0.05) is 16.8 Å². The minimum absolute atomic E-state index is 0.245. The maximum Gasteiger partial charge on any atom is 0.153 e. The molecule has 1 heterocycles. The zero-order valence-electron chi connectivity index (χ0n) is 8.58. The molecule has 2 aromatic rings. The van der Waals surface area contributed by atoms with Crippen molar-refractivity contribution in [2.45, 2.75) is 13.0 Å². The van der Waals surface area contributed by atoms with Gasteiger partial charge < -0.3 is 10.3 Å². The van der Waals surface area contributed by atoms with Crippen molar-refractivity contribution in [3.05, 3.63) is 40.9 Å². The van der Waals surface area contributed by atoms with Gasteiger partial charge >= 0.3 is 0 Å². The van der Waals surface area contributed by atoms with Crippen LogP contribution in [-0.2, 0) is 0 Å². The van der Waals surface area contributed by atoms with Gasteiger partial charge in [-0.05, 0) is 25.1 Å². The summed E-state index contributed by atoms with van der Waals surface area (Å²) < 4.78 is 18.1. The summed E-state index contributed by atoms with van der Waals surface area (Å²) in [6, 6.07) is 5.63. The third kappa shape index (κ3) is 2.23. The lowest BCUT2D eigenvalue weighted by molar-refractivity contribution is 0.369. The van der Waals surface area contributed by atoms with Crippen LogP contribution in [0.5, 0.6) is 0 Å². The van der Waals surface area contributed by atoms with E-state index in [1.54, 1.807) is 19.1 Å². The Balaban J connectivity index is 2.42. The van der Waals surface area contributed by atoms with Crippen LogP contribution < -0.4 is 5.73 Å². The van der Waals surface area contributed by atoms with Crippen LogP contribution >= 0.6 is 11.6 Å². The van der Waals surface area contributed by atoms with Gasteiger partial charge in [-0.3, -0.25) is 0 Å². The van der Waals surface area contributed by atoms with E-state index < -0.39 is 5.82 Å². The van der Waals surface area contributed by atoms with Gasteiger partial charge in [0.1, 0.15) is 11.5 Å². The molecule has 5 heteroatoms. The van der Waals surface area contributed by atoms with Gasteiger partial charge in [-0.2, -0.15) is 0 Å². The lowest BCUT2D eigenvalue weighted by atomic mass is 10.1. The van der Waals surface area contributed by atoms with Crippen LogP contribution in [-0.4, -0.2) is 5.16 Å². The van der Waals surface area contributed by atoms with Crippen molar-refractivity contribution < 1.29 is 8.91 Å². The molecule has 2 N–H and O–H groups in total. The summed E-state index contributed by atoms with van der Waals surface area (Å²) in [5.74, 6) is 0.142. The molecule has 1 aromatic heterocycles. The van der Waals surface area contributed by atoms with Crippen LogP contribution in [0.15, 0.2) is 28.8 Å². The Labute approximate surface area is 97.0 Å². The lowest BCUT2D eigenvalue weighted by Crippen LogP contribution is -2.02. The molecule has 0 saturated heterocycles. The molecule has 1 atom stereocenters. The van der Waals surface area contributed by atoms with E-state index in [4.69, 9.17) is 21.9 Å². The minimum Gasteiger partial charge on any atom is -0.359 e. The average molecular weight is 241 g/mol. The Hall–Kier alpha value is -1.39. The van der Waals surface area contributed by atoms with Crippen LogP contribution in [0.3, 0.4) is 0 Å². The highest BCUT2D eigenvalue weighted by atomic mass is 35.5. The fraction of sp³-hybridized carbons (Fsp3) is 0.182. The lowest BCUT2D eigenvalue weighted by Gasteiger charge is -1.97. The predicted octanol–water partition coefficient (Wildman–Crippen LogP) is 3.15. The number of hydrogen-bond acceptors (Lipinski definition) is 3. The Kier molecular flexibility index (Phi) is 2.94. The number of halogens is 2. The van der Waals surface area contributed by atoms with E-state index in [1.165, 1.54) is 12.1 Å². The van der Waals surface area contributed by atoms with E-state index in [9.17, 15) is 4.39 Å². The fourth-order valence-electron chi connectivity index (χ4n) is 1.34. The van der Waals surface area contributed by atoms with Crippen molar-refractivity contribution in [3.8, 4) is 11.3 Å². The van der Waals surface area contributed by atoms with E-state index in [2.05, 4.69) is 5.16 Å². The molecule has 0 aliphatic rings. The van der Waals surface area contributed by atoms with Crippen molar-refractivity contribution in [1.82, 2.24) is 5.16 Å². The number of nitrogens with zero attached hydrogens (tertiary/aromatic N) is 1. The van der Waals surface area contributed by atoms with Crippen LogP contribution in [0.1, 0.15) is 18.7 Å². The van der Waals surface area contributed by atoms with Crippen LogP contribution in [0.2, 0.25) is 5.02 Å². The molecule has 16 heavy (non-hydrogen) atoms. The van der Waals surface area contributed by atoms with E-state index in [0.717, 1.165) is 0 Å². The van der Waals surface area contributed by atoms with Crippen molar-refractivity contribution in [3.63, 3.8) is 0 Å². The van der Waals surface area contributed by atoms with Gasteiger partial charge in [0.05, 0.1) is 6.04 Å². The second-order valence-corrected chi connectivity index (χ2v) is 4.00. The maximum absolute atomic E-state index is 13.1. The molecule has 0 bridgehead atoms. The zero-order chi connectivity index (χ0) is 11.7. The fourth-order valence-corrected chi connectivity index (χ4v) is 1.56.